The molecule has 1 N–H and O–H groups in total. The molecule has 2 unspecified atom stereocenters. The van der Waals surface area contributed by atoms with Crippen molar-refractivity contribution in [2.45, 2.75) is 52.6 Å². The van der Waals surface area contributed by atoms with E-state index in [4.69, 9.17) is 0 Å². The second-order valence-corrected chi connectivity index (χ2v) is 4.47. The Balaban J connectivity index is 3.36. The van der Waals surface area contributed by atoms with Crippen molar-refractivity contribution in [3.05, 3.63) is 12.7 Å². The molecule has 13 heavy (non-hydrogen) atoms. The quantitative estimate of drug-likeness (QED) is 0.601. The minimum Gasteiger partial charge on any atom is -0.389 e. The van der Waals surface area contributed by atoms with Crippen molar-refractivity contribution in [3.63, 3.8) is 0 Å². The fourth-order valence-electron chi connectivity index (χ4n) is 1.72. The molecule has 0 spiro atoms. The SMILES string of the molecule is C=CC(O)CCCC(C)CC(C)C. The Morgan fingerprint density at radius 1 is 1.23 bits per heavy atom. The molecule has 0 radical (unpaired) electrons. The van der Waals surface area contributed by atoms with Crippen LogP contribution in [0.2, 0.25) is 0 Å². The smallest absolute Gasteiger partial charge is 0.0718 e. The third-order valence-corrected chi connectivity index (χ3v) is 2.34. The lowest BCUT2D eigenvalue weighted by atomic mass is 9.93. The Kier molecular flexibility index (Phi) is 6.97. The van der Waals surface area contributed by atoms with Gasteiger partial charge in [-0.05, 0) is 24.7 Å². The minimum atomic E-state index is -0.300. The zero-order valence-electron chi connectivity index (χ0n) is 9.29. The van der Waals surface area contributed by atoms with Crippen LogP contribution in [0.25, 0.3) is 0 Å². The summed E-state index contributed by atoms with van der Waals surface area (Å²) in [5, 5.41) is 9.23. The summed E-state index contributed by atoms with van der Waals surface area (Å²) in [5.41, 5.74) is 0. The van der Waals surface area contributed by atoms with Gasteiger partial charge in [-0.15, -0.1) is 6.58 Å². The van der Waals surface area contributed by atoms with Crippen LogP contribution in [0, 0.1) is 11.8 Å². The Labute approximate surface area is 82.9 Å². The van der Waals surface area contributed by atoms with E-state index in [1.807, 2.05) is 0 Å². The van der Waals surface area contributed by atoms with Gasteiger partial charge in [0.2, 0.25) is 0 Å². The van der Waals surface area contributed by atoms with Gasteiger partial charge in [0, 0.05) is 0 Å². The van der Waals surface area contributed by atoms with Crippen molar-refractivity contribution >= 4 is 0 Å². The minimum absolute atomic E-state index is 0.300. The van der Waals surface area contributed by atoms with Gasteiger partial charge in [-0.25, -0.2) is 0 Å². The van der Waals surface area contributed by atoms with Crippen molar-refractivity contribution in [2.75, 3.05) is 0 Å². The van der Waals surface area contributed by atoms with E-state index in [-0.39, 0.29) is 6.10 Å². The summed E-state index contributed by atoms with van der Waals surface area (Å²) < 4.78 is 0. The lowest BCUT2D eigenvalue weighted by Gasteiger charge is -2.14. The highest BCUT2D eigenvalue weighted by atomic mass is 16.3. The molecule has 0 aromatic heterocycles. The first-order valence-electron chi connectivity index (χ1n) is 5.36. The van der Waals surface area contributed by atoms with Crippen LogP contribution < -0.4 is 0 Å². The second-order valence-electron chi connectivity index (χ2n) is 4.47. The first-order valence-corrected chi connectivity index (χ1v) is 5.36. The predicted octanol–water partition coefficient (Wildman–Crippen LogP) is 3.39. The number of aliphatic hydroxyl groups is 1. The van der Waals surface area contributed by atoms with E-state index < -0.39 is 0 Å². The van der Waals surface area contributed by atoms with Crippen molar-refractivity contribution in [3.8, 4) is 0 Å². The monoisotopic (exact) mass is 184 g/mol. The number of hydrogen-bond donors (Lipinski definition) is 1. The van der Waals surface area contributed by atoms with Gasteiger partial charge in [-0.3, -0.25) is 0 Å². The van der Waals surface area contributed by atoms with Crippen LogP contribution in [0.3, 0.4) is 0 Å². The summed E-state index contributed by atoms with van der Waals surface area (Å²) in [7, 11) is 0. The van der Waals surface area contributed by atoms with E-state index in [0.717, 1.165) is 24.7 Å². The largest absolute Gasteiger partial charge is 0.389 e. The van der Waals surface area contributed by atoms with E-state index in [2.05, 4.69) is 27.4 Å². The maximum Gasteiger partial charge on any atom is 0.0718 e. The second kappa shape index (κ2) is 7.14. The summed E-state index contributed by atoms with van der Waals surface area (Å²) in [6.45, 7) is 10.4. The van der Waals surface area contributed by atoms with Gasteiger partial charge < -0.3 is 5.11 Å². The zero-order chi connectivity index (χ0) is 10.3. The van der Waals surface area contributed by atoms with E-state index in [0.29, 0.717) is 0 Å². The molecule has 0 fully saturated rings. The van der Waals surface area contributed by atoms with Crippen LogP contribution in [0.4, 0.5) is 0 Å². The molecule has 0 heterocycles. The van der Waals surface area contributed by atoms with Crippen molar-refractivity contribution in [1.29, 1.82) is 0 Å². The van der Waals surface area contributed by atoms with Gasteiger partial charge >= 0.3 is 0 Å². The van der Waals surface area contributed by atoms with Crippen molar-refractivity contribution in [1.82, 2.24) is 0 Å². The molecule has 0 aromatic carbocycles. The summed E-state index contributed by atoms with van der Waals surface area (Å²) in [4.78, 5) is 0. The maximum absolute atomic E-state index is 9.23. The van der Waals surface area contributed by atoms with Gasteiger partial charge in [-0.1, -0.05) is 39.7 Å². The van der Waals surface area contributed by atoms with E-state index >= 15 is 0 Å². The highest BCUT2D eigenvalue weighted by molar-refractivity contribution is 4.77. The average Bonchev–Trinajstić information content (AvgIpc) is 2.02. The Bertz CT molecular complexity index is 129. The Morgan fingerprint density at radius 2 is 1.85 bits per heavy atom. The van der Waals surface area contributed by atoms with Gasteiger partial charge in [0.05, 0.1) is 6.10 Å². The standard InChI is InChI=1S/C12H24O/c1-5-12(13)8-6-7-11(4)9-10(2)3/h5,10-13H,1,6-9H2,2-4H3. The predicted molar refractivity (Wildman–Crippen MR) is 58.7 cm³/mol. The van der Waals surface area contributed by atoms with Crippen molar-refractivity contribution < 1.29 is 5.11 Å². The molecular formula is C12H24O. The molecule has 78 valence electrons. The van der Waals surface area contributed by atoms with Crippen LogP contribution in [0.15, 0.2) is 12.7 Å². The molecule has 0 saturated heterocycles. The Hall–Kier alpha value is -0.300. The van der Waals surface area contributed by atoms with Crippen LogP contribution in [-0.4, -0.2) is 11.2 Å². The van der Waals surface area contributed by atoms with Gasteiger partial charge in [0.15, 0.2) is 0 Å². The molecule has 0 saturated carbocycles. The molecule has 2 atom stereocenters. The molecular weight excluding hydrogens is 160 g/mol. The van der Waals surface area contributed by atoms with Crippen molar-refractivity contribution in [2.24, 2.45) is 11.8 Å². The van der Waals surface area contributed by atoms with Gasteiger partial charge in [0.1, 0.15) is 0 Å². The van der Waals surface area contributed by atoms with Gasteiger partial charge in [0.25, 0.3) is 0 Å². The maximum atomic E-state index is 9.23. The highest BCUT2D eigenvalue weighted by Gasteiger charge is 2.05. The van der Waals surface area contributed by atoms with Gasteiger partial charge in [-0.2, -0.15) is 0 Å². The highest BCUT2D eigenvalue weighted by Crippen LogP contribution is 2.17. The lowest BCUT2D eigenvalue weighted by Crippen LogP contribution is -2.04. The lowest BCUT2D eigenvalue weighted by molar-refractivity contribution is 0.205. The molecule has 0 aliphatic heterocycles. The first kappa shape index (κ1) is 12.7. The first-order chi connectivity index (χ1) is 6.06. The van der Waals surface area contributed by atoms with Crippen LogP contribution in [0.5, 0.6) is 0 Å². The fraction of sp³-hybridized carbons (Fsp3) is 0.833. The Morgan fingerprint density at radius 3 is 2.31 bits per heavy atom. The number of rotatable bonds is 7. The summed E-state index contributed by atoms with van der Waals surface area (Å²) >= 11 is 0. The normalized spacial score (nSPS) is 15.8. The fourth-order valence-corrected chi connectivity index (χ4v) is 1.72. The average molecular weight is 184 g/mol. The van der Waals surface area contributed by atoms with E-state index in [1.54, 1.807) is 6.08 Å². The molecule has 0 aliphatic carbocycles. The van der Waals surface area contributed by atoms with E-state index in [9.17, 15) is 5.11 Å². The van der Waals surface area contributed by atoms with E-state index in [1.165, 1.54) is 12.8 Å². The molecule has 0 bridgehead atoms. The molecule has 1 heteroatoms. The summed E-state index contributed by atoms with van der Waals surface area (Å²) in [6.07, 6.45) is 5.82. The summed E-state index contributed by atoms with van der Waals surface area (Å²) in [6, 6.07) is 0. The third kappa shape index (κ3) is 8.04. The summed E-state index contributed by atoms with van der Waals surface area (Å²) in [5.74, 6) is 1.58. The van der Waals surface area contributed by atoms with Crippen LogP contribution >= 0.6 is 0 Å². The molecule has 0 rings (SSSR count). The molecule has 1 nitrogen and oxygen atoms in total. The molecule has 0 aliphatic rings. The molecule has 0 amide bonds. The number of aliphatic hydroxyl groups excluding tert-OH is 1. The van der Waals surface area contributed by atoms with Crippen LogP contribution in [0.1, 0.15) is 46.5 Å². The topological polar surface area (TPSA) is 20.2 Å². The third-order valence-electron chi connectivity index (χ3n) is 2.34. The van der Waals surface area contributed by atoms with Crippen LogP contribution in [-0.2, 0) is 0 Å². The zero-order valence-corrected chi connectivity index (χ0v) is 9.29. The molecule has 0 aromatic rings. The number of hydrogen-bond acceptors (Lipinski definition) is 1.